The summed E-state index contributed by atoms with van der Waals surface area (Å²) < 4.78 is 20.6. The van der Waals surface area contributed by atoms with Crippen LogP contribution in [0.2, 0.25) is 0 Å². The van der Waals surface area contributed by atoms with Gasteiger partial charge in [-0.3, -0.25) is 0 Å². The van der Waals surface area contributed by atoms with E-state index in [9.17, 15) is 4.39 Å². The zero-order valence-corrected chi connectivity index (χ0v) is 14.1. The van der Waals surface area contributed by atoms with Crippen molar-refractivity contribution in [1.82, 2.24) is 0 Å². The third-order valence-corrected chi connectivity index (χ3v) is 4.65. The average Bonchev–Trinajstić information content (AvgIpc) is 2.52. The molecule has 0 unspecified atom stereocenters. The maximum absolute atomic E-state index is 14.0. The van der Waals surface area contributed by atoms with Crippen molar-refractivity contribution in [1.29, 1.82) is 0 Å². The molecule has 0 radical (unpaired) electrons. The summed E-state index contributed by atoms with van der Waals surface area (Å²) in [6, 6.07) is 16.7. The summed E-state index contributed by atoms with van der Waals surface area (Å²) in [5.41, 5.74) is 0.773. The minimum absolute atomic E-state index is 0.255. The van der Waals surface area contributed by atoms with Gasteiger partial charge in [-0.15, -0.1) is 0 Å². The van der Waals surface area contributed by atoms with Crippen LogP contribution in [0.3, 0.4) is 0 Å². The lowest BCUT2D eigenvalue weighted by Crippen LogP contribution is -1.94. The third-order valence-electron chi connectivity index (χ3n) is 3.23. The lowest BCUT2D eigenvalue weighted by molar-refractivity contribution is 0.437. The van der Waals surface area contributed by atoms with Crippen LogP contribution in [-0.2, 0) is 5.33 Å². The van der Waals surface area contributed by atoms with Gasteiger partial charge in [0, 0.05) is 10.9 Å². The maximum atomic E-state index is 14.0. The molecular formula is C17H11Br2FO. The van der Waals surface area contributed by atoms with E-state index >= 15 is 0 Å². The molecule has 3 aromatic carbocycles. The summed E-state index contributed by atoms with van der Waals surface area (Å²) in [5, 5.41) is 2.67. The Bertz CT molecular complexity index is 802. The molecule has 3 aromatic rings. The number of ether oxygens (including phenoxy) is 1. The largest absolute Gasteiger partial charge is 0.453 e. The zero-order chi connectivity index (χ0) is 14.8. The second kappa shape index (κ2) is 6.16. The summed E-state index contributed by atoms with van der Waals surface area (Å²) in [5.74, 6) is 0.485. The molecule has 0 amide bonds. The van der Waals surface area contributed by atoms with Gasteiger partial charge in [-0.2, -0.15) is 0 Å². The molecule has 0 aliphatic heterocycles. The number of halogens is 3. The van der Waals surface area contributed by atoms with Gasteiger partial charge in [0.2, 0.25) is 0 Å². The Morgan fingerprint density at radius 3 is 2.57 bits per heavy atom. The molecule has 0 spiro atoms. The summed E-state index contributed by atoms with van der Waals surface area (Å²) in [7, 11) is 0. The van der Waals surface area contributed by atoms with Crippen LogP contribution in [0.1, 0.15) is 5.56 Å². The van der Waals surface area contributed by atoms with E-state index in [1.54, 1.807) is 6.07 Å². The van der Waals surface area contributed by atoms with Crippen molar-refractivity contribution in [3.63, 3.8) is 0 Å². The molecule has 0 N–H and O–H groups in total. The fourth-order valence-electron chi connectivity index (χ4n) is 2.18. The van der Waals surface area contributed by atoms with E-state index < -0.39 is 0 Å². The van der Waals surface area contributed by atoms with Crippen molar-refractivity contribution in [3.05, 3.63) is 70.5 Å². The van der Waals surface area contributed by atoms with Crippen LogP contribution < -0.4 is 4.74 Å². The molecular weight excluding hydrogens is 399 g/mol. The molecule has 0 bridgehead atoms. The molecule has 0 atom stereocenters. The second-order valence-electron chi connectivity index (χ2n) is 4.56. The fourth-order valence-corrected chi connectivity index (χ4v) is 3.19. The predicted octanol–water partition coefficient (Wildman–Crippen LogP) is 6.43. The number of alkyl halides is 1. The first kappa shape index (κ1) is 14.5. The fraction of sp³-hybridized carbons (Fsp3) is 0.0588. The molecule has 0 heterocycles. The highest BCUT2D eigenvalue weighted by Gasteiger charge is 2.13. The van der Waals surface area contributed by atoms with Crippen molar-refractivity contribution in [3.8, 4) is 11.5 Å². The van der Waals surface area contributed by atoms with Gasteiger partial charge >= 0.3 is 0 Å². The Labute approximate surface area is 139 Å². The first-order valence-electron chi connectivity index (χ1n) is 6.39. The van der Waals surface area contributed by atoms with E-state index in [2.05, 4.69) is 31.9 Å². The topological polar surface area (TPSA) is 9.23 Å². The lowest BCUT2D eigenvalue weighted by atomic mass is 10.1. The van der Waals surface area contributed by atoms with Crippen LogP contribution >= 0.6 is 31.9 Å². The minimum Gasteiger partial charge on any atom is -0.453 e. The Kier molecular flexibility index (Phi) is 4.27. The summed E-state index contributed by atoms with van der Waals surface area (Å²) >= 11 is 6.91. The average molecular weight is 410 g/mol. The number of rotatable bonds is 3. The Morgan fingerprint density at radius 2 is 1.76 bits per heavy atom. The SMILES string of the molecule is Fc1cccc(CBr)c1Oc1ccc2ccccc2c1Br. The Hall–Kier alpha value is -1.39. The Balaban J connectivity index is 2.09. The van der Waals surface area contributed by atoms with E-state index in [1.807, 2.05) is 42.5 Å². The van der Waals surface area contributed by atoms with Crippen molar-refractivity contribution in [2.45, 2.75) is 5.33 Å². The van der Waals surface area contributed by atoms with Gasteiger partial charge in [0.1, 0.15) is 5.75 Å². The van der Waals surface area contributed by atoms with Gasteiger partial charge in [-0.05, 0) is 38.8 Å². The van der Waals surface area contributed by atoms with Gasteiger partial charge in [0.25, 0.3) is 0 Å². The van der Waals surface area contributed by atoms with Crippen LogP contribution in [0.4, 0.5) is 4.39 Å². The molecule has 0 aliphatic carbocycles. The molecule has 21 heavy (non-hydrogen) atoms. The smallest absolute Gasteiger partial charge is 0.167 e. The van der Waals surface area contributed by atoms with Crippen LogP contribution in [0.25, 0.3) is 10.8 Å². The van der Waals surface area contributed by atoms with Crippen molar-refractivity contribution in [2.75, 3.05) is 0 Å². The standard InChI is InChI=1S/C17H11Br2FO/c18-10-12-5-3-7-14(20)17(12)21-15-9-8-11-4-1-2-6-13(11)16(15)19/h1-9H,10H2. The van der Waals surface area contributed by atoms with Crippen LogP contribution in [0.15, 0.2) is 59.1 Å². The van der Waals surface area contributed by atoms with Gasteiger partial charge in [-0.1, -0.05) is 58.4 Å². The normalized spacial score (nSPS) is 10.8. The molecule has 0 saturated carbocycles. The van der Waals surface area contributed by atoms with Crippen LogP contribution in [0, 0.1) is 5.82 Å². The molecule has 106 valence electrons. The van der Waals surface area contributed by atoms with E-state index in [0.29, 0.717) is 11.1 Å². The summed E-state index contributed by atoms with van der Waals surface area (Å²) in [6.07, 6.45) is 0. The third kappa shape index (κ3) is 2.83. The van der Waals surface area contributed by atoms with Crippen molar-refractivity contribution >= 4 is 42.6 Å². The summed E-state index contributed by atoms with van der Waals surface area (Å²) in [4.78, 5) is 0. The first-order valence-corrected chi connectivity index (χ1v) is 8.30. The number of para-hydroxylation sites is 1. The zero-order valence-electron chi connectivity index (χ0n) is 10.9. The van der Waals surface area contributed by atoms with Gasteiger partial charge in [0.15, 0.2) is 11.6 Å². The van der Waals surface area contributed by atoms with Crippen molar-refractivity contribution < 1.29 is 9.13 Å². The number of hydrogen-bond donors (Lipinski definition) is 0. The van der Waals surface area contributed by atoms with E-state index in [4.69, 9.17) is 4.74 Å². The van der Waals surface area contributed by atoms with Crippen molar-refractivity contribution in [2.24, 2.45) is 0 Å². The molecule has 0 aliphatic rings. The molecule has 0 aromatic heterocycles. The second-order valence-corrected chi connectivity index (χ2v) is 5.92. The van der Waals surface area contributed by atoms with Crippen LogP contribution in [-0.4, -0.2) is 0 Å². The van der Waals surface area contributed by atoms with E-state index in [-0.39, 0.29) is 11.6 Å². The quantitative estimate of drug-likeness (QED) is 0.453. The van der Waals surface area contributed by atoms with Gasteiger partial charge in [-0.25, -0.2) is 4.39 Å². The van der Waals surface area contributed by atoms with Gasteiger partial charge in [0.05, 0.1) is 4.47 Å². The highest BCUT2D eigenvalue weighted by atomic mass is 79.9. The molecule has 0 fully saturated rings. The molecule has 1 nitrogen and oxygen atoms in total. The molecule has 3 rings (SSSR count). The van der Waals surface area contributed by atoms with Crippen LogP contribution in [0.5, 0.6) is 11.5 Å². The Morgan fingerprint density at radius 1 is 0.952 bits per heavy atom. The monoisotopic (exact) mass is 408 g/mol. The van der Waals surface area contributed by atoms with E-state index in [0.717, 1.165) is 20.8 Å². The molecule has 0 saturated heterocycles. The van der Waals surface area contributed by atoms with Gasteiger partial charge < -0.3 is 4.74 Å². The number of fused-ring (bicyclic) bond motifs is 1. The highest BCUT2D eigenvalue weighted by molar-refractivity contribution is 9.10. The minimum atomic E-state index is -0.369. The predicted molar refractivity (Wildman–Crippen MR) is 90.8 cm³/mol. The maximum Gasteiger partial charge on any atom is 0.167 e. The first-order chi connectivity index (χ1) is 10.2. The lowest BCUT2D eigenvalue weighted by Gasteiger charge is -2.13. The molecule has 4 heteroatoms. The highest BCUT2D eigenvalue weighted by Crippen LogP contribution is 2.38. The number of hydrogen-bond acceptors (Lipinski definition) is 1. The summed E-state index contributed by atoms with van der Waals surface area (Å²) in [6.45, 7) is 0. The van der Waals surface area contributed by atoms with E-state index in [1.165, 1.54) is 6.07 Å². The number of benzene rings is 3.